The van der Waals surface area contributed by atoms with Crippen LogP contribution in [0.1, 0.15) is 31.7 Å². The Labute approximate surface area is 111 Å². The van der Waals surface area contributed by atoms with Crippen molar-refractivity contribution in [1.82, 2.24) is 5.32 Å². The van der Waals surface area contributed by atoms with Crippen molar-refractivity contribution in [3.8, 4) is 0 Å². The predicted molar refractivity (Wildman–Crippen MR) is 72.8 cm³/mol. The molecule has 16 heavy (non-hydrogen) atoms. The summed E-state index contributed by atoms with van der Waals surface area (Å²) in [7, 11) is 0. The molecule has 2 unspecified atom stereocenters. The van der Waals surface area contributed by atoms with Crippen molar-refractivity contribution >= 4 is 27.5 Å². The van der Waals surface area contributed by atoms with E-state index in [2.05, 4.69) is 28.2 Å². The van der Waals surface area contributed by atoms with Crippen molar-refractivity contribution in [2.75, 3.05) is 0 Å². The molecule has 1 aliphatic rings. The number of benzene rings is 1. The Morgan fingerprint density at radius 3 is 2.94 bits per heavy atom. The van der Waals surface area contributed by atoms with Crippen molar-refractivity contribution < 1.29 is 0 Å². The first-order chi connectivity index (χ1) is 7.65. The van der Waals surface area contributed by atoms with Crippen LogP contribution in [0.3, 0.4) is 0 Å². The van der Waals surface area contributed by atoms with E-state index in [0.717, 1.165) is 22.0 Å². The minimum Gasteiger partial charge on any atom is -0.310 e. The predicted octanol–water partition coefficient (Wildman–Crippen LogP) is 4.38. The van der Waals surface area contributed by atoms with Crippen LogP contribution in [0.15, 0.2) is 22.7 Å². The monoisotopic (exact) mass is 301 g/mol. The maximum atomic E-state index is 5.99. The highest BCUT2D eigenvalue weighted by Crippen LogP contribution is 2.26. The SMILES string of the molecule is CC1CCC(NCc2cc(Cl)ccc2Br)C1. The smallest absolute Gasteiger partial charge is 0.0410 e. The molecule has 1 saturated carbocycles. The quantitative estimate of drug-likeness (QED) is 0.873. The molecule has 1 N–H and O–H groups in total. The Bertz CT molecular complexity index is 367. The van der Waals surface area contributed by atoms with Crippen LogP contribution in [0.4, 0.5) is 0 Å². The molecule has 0 bridgehead atoms. The summed E-state index contributed by atoms with van der Waals surface area (Å²) in [5.41, 5.74) is 1.24. The summed E-state index contributed by atoms with van der Waals surface area (Å²) in [6.07, 6.45) is 3.96. The molecular formula is C13H17BrClN. The van der Waals surface area contributed by atoms with E-state index in [1.807, 2.05) is 18.2 Å². The minimum atomic E-state index is 0.681. The third-order valence-electron chi connectivity index (χ3n) is 3.28. The van der Waals surface area contributed by atoms with E-state index >= 15 is 0 Å². The van der Waals surface area contributed by atoms with Gasteiger partial charge in [-0.15, -0.1) is 0 Å². The van der Waals surface area contributed by atoms with Crippen molar-refractivity contribution in [1.29, 1.82) is 0 Å². The average molecular weight is 303 g/mol. The Hall–Kier alpha value is -0.0500. The largest absolute Gasteiger partial charge is 0.310 e. The summed E-state index contributed by atoms with van der Waals surface area (Å²) in [4.78, 5) is 0. The molecule has 0 spiro atoms. The zero-order chi connectivity index (χ0) is 11.5. The summed E-state index contributed by atoms with van der Waals surface area (Å²) >= 11 is 9.54. The van der Waals surface area contributed by atoms with Crippen molar-refractivity contribution in [2.24, 2.45) is 5.92 Å². The molecule has 1 aromatic carbocycles. The summed E-state index contributed by atoms with van der Waals surface area (Å²) in [6, 6.07) is 6.63. The van der Waals surface area contributed by atoms with Gasteiger partial charge < -0.3 is 5.32 Å². The van der Waals surface area contributed by atoms with Gasteiger partial charge >= 0.3 is 0 Å². The Morgan fingerprint density at radius 2 is 2.25 bits per heavy atom. The summed E-state index contributed by atoms with van der Waals surface area (Å²) in [6.45, 7) is 3.23. The summed E-state index contributed by atoms with van der Waals surface area (Å²) < 4.78 is 1.13. The molecule has 2 rings (SSSR count). The second kappa shape index (κ2) is 5.52. The molecule has 0 amide bonds. The molecule has 0 heterocycles. The average Bonchev–Trinajstić information content (AvgIpc) is 2.66. The maximum Gasteiger partial charge on any atom is 0.0410 e. The van der Waals surface area contributed by atoms with Gasteiger partial charge in [0.15, 0.2) is 0 Å². The molecule has 1 nitrogen and oxygen atoms in total. The van der Waals surface area contributed by atoms with Crippen LogP contribution in [0.5, 0.6) is 0 Å². The fourth-order valence-corrected chi connectivity index (χ4v) is 2.91. The highest BCUT2D eigenvalue weighted by molar-refractivity contribution is 9.10. The fraction of sp³-hybridized carbons (Fsp3) is 0.538. The molecule has 0 aromatic heterocycles. The highest BCUT2D eigenvalue weighted by atomic mass is 79.9. The second-order valence-corrected chi connectivity index (χ2v) is 6.02. The molecule has 0 saturated heterocycles. The maximum absolute atomic E-state index is 5.99. The number of hydrogen-bond acceptors (Lipinski definition) is 1. The molecule has 1 aromatic rings. The Balaban J connectivity index is 1.91. The number of rotatable bonds is 3. The van der Waals surface area contributed by atoms with E-state index < -0.39 is 0 Å². The Morgan fingerprint density at radius 1 is 1.44 bits per heavy atom. The van der Waals surface area contributed by atoms with Gasteiger partial charge in [0.2, 0.25) is 0 Å². The van der Waals surface area contributed by atoms with E-state index in [1.54, 1.807) is 0 Å². The molecule has 3 heteroatoms. The van der Waals surface area contributed by atoms with Crippen LogP contribution in [0, 0.1) is 5.92 Å². The van der Waals surface area contributed by atoms with Crippen molar-refractivity contribution in [2.45, 2.75) is 38.8 Å². The molecular weight excluding hydrogens is 286 g/mol. The van der Waals surface area contributed by atoms with Crippen molar-refractivity contribution in [3.63, 3.8) is 0 Å². The summed E-state index contributed by atoms with van der Waals surface area (Å²) in [5.74, 6) is 0.875. The fourth-order valence-electron chi connectivity index (χ4n) is 2.33. The van der Waals surface area contributed by atoms with Crippen LogP contribution in [-0.4, -0.2) is 6.04 Å². The lowest BCUT2D eigenvalue weighted by molar-refractivity contribution is 0.502. The first-order valence-corrected chi connectivity index (χ1v) is 6.99. The van der Waals surface area contributed by atoms with E-state index in [9.17, 15) is 0 Å². The minimum absolute atomic E-state index is 0.681. The lowest BCUT2D eigenvalue weighted by Crippen LogP contribution is -2.25. The van der Waals surface area contributed by atoms with Gasteiger partial charge in [0.1, 0.15) is 0 Å². The van der Waals surface area contributed by atoms with Crippen LogP contribution in [-0.2, 0) is 6.54 Å². The van der Waals surface area contributed by atoms with E-state index in [0.29, 0.717) is 6.04 Å². The highest BCUT2D eigenvalue weighted by Gasteiger charge is 2.20. The first kappa shape index (κ1) is 12.4. The molecule has 0 radical (unpaired) electrons. The number of halogens is 2. The van der Waals surface area contributed by atoms with Crippen LogP contribution in [0.2, 0.25) is 5.02 Å². The topological polar surface area (TPSA) is 12.0 Å². The third kappa shape index (κ3) is 3.22. The van der Waals surface area contributed by atoms with E-state index in [-0.39, 0.29) is 0 Å². The van der Waals surface area contributed by atoms with Gasteiger partial charge in [-0.3, -0.25) is 0 Å². The molecule has 2 atom stereocenters. The number of hydrogen-bond donors (Lipinski definition) is 1. The van der Waals surface area contributed by atoms with E-state index in [1.165, 1.54) is 24.8 Å². The molecule has 0 aliphatic heterocycles. The van der Waals surface area contributed by atoms with Crippen LogP contribution in [0.25, 0.3) is 0 Å². The number of nitrogens with one attached hydrogen (secondary N) is 1. The van der Waals surface area contributed by atoms with Gasteiger partial charge in [0, 0.05) is 22.1 Å². The van der Waals surface area contributed by atoms with Gasteiger partial charge in [-0.1, -0.05) is 34.5 Å². The second-order valence-electron chi connectivity index (χ2n) is 4.73. The normalized spacial score (nSPS) is 24.9. The molecule has 1 aliphatic carbocycles. The first-order valence-electron chi connectivity index (χ1n) is 5.82. The Kier molecular flexibility index (Phi) is 4.28. The molecule has 1 fully saturated rings. The van der Waals surface area contributed by atoms with Gasteiger partial charge in [-0.25, -0.2) is 0 Å². The molecule has 88 valence electrons. The zero-order valence-corrected chi connectivity index (χ0v) is 11.8. The third-order valence-corrected chi connectivity index (χ3v) is 4.29. The summed E-state index contributed by atoms with van der Waals surface area (Å²) in [5, 5.41) is 4.41. The van der Waals surface area contributed by atoms with Gasteiger partial charge in [-0.05, 0) is 48.9 Å². The van der Waals surface area contributed by atoms with Gasteiger partial charge in [-0.2, -0.15) is 0 Å². The lowest BCUT2D eigenvalue weighted by Gasteiger charge is -2.13. The zero-order valence-electron chi connectivity index (χ0n) is 9.47. The van der Waals surface area contributed by atoms with Gasteiger partial charge in [0.05, 0.1) is 0 Å². The van der Waals surface area contributed by atoms with Crippen molar-refractivity contribution in [3.05, 3.63) is 33.3 Å². The van der Waals surface area contributed by atoms with Crippen LogP contribution >= 0.6 is 27.5 Å². The van der Waals surface area contributed by atoms with E-state index in [4.69, 9.17) is 11.6 Å². The van der Waals surface area contributed by atoms with Crippen LogP contribution < -0.4 is 5.32 Å². The lowest BCUT2D eigenvalue weighted by atomic mass is 10.1. The van der Waals surface area contributed by atoms with Gasteiger partial charge in [0.25, 0.3) is 0 Å². The standard InChI is InChI=1S/C13H17BrClN/c1-9-2-4-12(6-9)16-8-10-7-11(15)3-5-13(10)14/h3,5,7,9,12,16H,2,4,6,8H2,1H3.